The van der Waals surface area contributed by atoms with Gasteiger partial charge in [-0.1, -0.05) is 5.16 Å². The van der Waals surface area contributed by atoms with Crippen LogP contribution in [0, 0.1) is 6.92 Å². The van der Waals surface area contributed by atoms with E-state index in [0.29, 0.717) is 30.6 Å². The van der Waals surface area contributed by atoms with Gasteiger partial charge in [-0.05, 0) is 32.6 Å². The van der Waals surface area contributed by atoms with Crippen LogP contribution in [-0.4, -0.2) is 40.6 Å². The van der Waals surface area contributed by atoms with Crippen LogP contribution in [-0.2, 0) is 4.79 Å². The van der Waals surface area contributed by atoms with Crippen LogP contribution in [0.1, 0.15) is 31.4 Å². The lowest BCUT2D eigenvalue weighted by atomic mass is 9.98. The molecule has 2 fully saturated rings. The highest BCUT2D eigenvalue weighted by Gasteiger charge is 2.40. The number of nitrogens with two attached hydrogens (primary N) is 1. The van der Waals surface area contributed by atoms with Gasteiger partial charge in [0.05, 0.1) is 12.2 Å². The number of anilines is 1. The highest BCUT2D eigenvalue weighted by molar-refractivity contribution is 5.91. The van der Waals surface area contributed by atoms with Crippen molar-refractivity contribution in [3.63, 3.8) is 0 Å². The fourth-order valence-corrected chi connectivity index (χ4v) is 3.34. The van der Waals surface area contributed by atoms with Gasteiger partial charge in [-0.3, -0.25) is 15.0 Å². The van der Waals surface area contributed by atoms with Gasteiger partial charge in [0.25, 0.3) is 0 Å². The second kappa shape index (κ2) is 4.94. The third-order valence-corrected chi connectivity index (χ3v) is 4.14. The van der Waals surface area contributed by atoms with Crippen LogP contribution in [0.2, 0.25) is 0 Å². The SMILES string of the molecule is Cc1cc(NC(=O)CN2C3CCC2CC(N)C3)on1. The predicted molar refractivity (Wildman–Crippen MR) is 70.6 cm³/mol. The Bertz CT molecular complexity index is 459. The van der Waals surface area contributed by atoms with Crippen LogP contribution in [0.5, 0.6) is 0 Å². The van der Waals surface area contributed by atoms with E-state index in [4.69, 9.17) is 10.3 Å². The van der Waals surface area contributed by atoms with Gasteiger partial charge in [-0.2, -0.15) is 0 Å². The van der Waals surface area contributed by atoms with E-state index in [1.165, 1.54) is 0 Å². The van der Waals surface area contributed by atoms with Crippen molar-refractivity contribution in [2.75, 3.05) is 11.9 Å². The number of nitrogens with one attached hydrogen (secondary N) is 1. The third kappa shape index (κ3) is 2.64. The third-order valence-electron chi connectivity index (χ3n) is 4.14. The standard InChI is InChI=1S/C13H20N4O2/c1-8-4-13(19-16-8)15-12(18)7-17-10-2-3-11(17)6-9(14)5-10/h4,9-11H,2-3,5-7,14H2,1H3,(H,15,18). The molecule has 0 aliphatic carbocycles. The zero-order chi connectivity index (χ0) is 13.4. The summed E-state index contributed by atoms with van der Waals surface area (Å²) in [5.41, 5.74) is 6.79. The van der Waals surface area contributed by atoms with Gasteiger partial charge < -0.3 is 10.3 Å². The molecule has 6 nitrogen and oxygen atoms in total. The second-order valence-electron chi connectivity index (χ2n) is 5.67. The van der Waals surface area contributed by atoms with E-state index in [0.717, 1.165) is 31.4 Å². The van der Waals surface area contributed by atoms with Gasteiger partial charge in [-0.25, -0.2) is 0 Å². The van der Waals surface area contributed by atoms with Crippen LogP contribution >= 0.6 is 0 Å². The topological polar surface area (TPSA) is 84.4 Å². The number of hydrogen-bond donors (Lipinski definition) is 2. The molecule has 2 unspecified atom stereocenters. The largest absolute Gasteiger partial charge is 0.338 e. The number of rotatable bonds is 3. The molecular formula is C13H20N4O2. The summed E-state index contributed by atoms with van der Waals surface area (Å²) in [6.07, 6.45) is 4.33. The smallest absolute Gasteiger partial charge is 0.240 e. The van der Waals surface area contributed by atoms with Gasteiger partial charge >= 0.3 is 0 Å². The molecule has 19 heavy (non-hydrogen) atoms. The highest BCUT2D eigenvalue weighted by atomic mass is 16.5. The number of carbonyl (C=O) groups is 1. The molecule has 2 aliphatic rings. The molecule has 0 spiro atoms. The molecule has 1 amide bonds. The van der Waals surface area contributed by atoms with Crippen LogP contribution in [0.15, 0.2) is 10.6 Å². The number of nitrogens with zero attached hydrogens (tertiary/aromatic N) is 2. The average Bonchev–Trinajstić information content (AvgIpc) is 2.83. The van der Waals surface area contributed by atoms with Crippen molar-refractivity contribution in [1.82, 2.24) is 10.1 Å². The fourth-order valence-electron chi connectivity index (χ4n) is 3.34. The Hall–Kier alpha value is -1.40. The van der Waals surface area contributed by atoms with Crippen molar-refractivity contribution in [2.45, 2.75) is 50.7 Å². The first-order valence-electron chi connectivity index (χ1n) is 6.86. The van der Waals surface area contributed by atoms with Crippen LogP contribution in [0.3, 0.4) is 0 Å². The van der Waals surface area contributed by atoms with E-state index in [-0.39, 0.29) is 5.91 Å². The van der Waals surface area contributed by atoms with Crippen molar-refractivity contribution in [1.29, 1.82) is 0 Å². The summed E-state index contributed by atoms with van der Waals surface area (Å²) in [6.45, 7) is 2.24. The fraction of sp³-hybridized carbons (Fsp3) is 0.692. The molecule has 6 heteroatoms. The summed E-state index contributed by atoms with van der Waals surface area (Å²) in [5.74, 6) is 0.382. The summed E-state index contributed by atoms with van der Waals surface area (Å²) >= 11 is 0. The number of aryl methyl sites for hydroxylation is 1. The molecule has 2 saturated heterocycles. The van der Waals surface area contributed by atoms with E-state index >= 15 is 0 Å². The lowest BCUT2D eigenvalue weighted by molar-refractivity contribution is -0.118. The van der Waals surface area contributed by atoms with E-state index in [1.54, 1.807) is 6.07 Å². The maximum Gasteiger partial charge on any atom is 0.240 e. The van der Waals surface area contributed by atoms with Crippen molar-refractivity contribution < 1.29 is 9.32 Å². The minimum atomic E-state index is -0.0384. The lowest BCUT2D eigenvalue weighted by Crippen LogP contribution is -2.49. The Morgan fingerprint density at radius 1 is 1.53 bits per heavy atom. The Kier molecular flexibility index (Phi) is 3.28. The number of hydrogen-bond acceptors (Lipinski definition) is 5. The molecule has 2 atom stereocenters. The Morgan fingerprint density at radius 2 is 2.21 bits per heavy atom. The molecule has 1 aromatic rings. The maximum absolute atomic E-state index is 12.0. The molecule has 3 rings (SSSR count). The van der Waals surface area contributed by atoms with E-state index in [1.807, 2.05) is 6.92 Å². The molecule has 0 aromatic carbocycles. The minimum Gasteiger partial charge on any atom is -0.338 e. The second-order valence-corrected chi connectivity index (χ2v) is 5.67. The van der Waals surface area contributed by atoms with Crippen LogP contribution in [0.25, 0.3) is 0 Å². The van der Waals surface area contributed by atoms with Crippen molar-refractivity contribution in [3.8, 4) is 0 Å². The summed E-state index contributed by atoms with van der Waals surface area (Å²) in [4.78, 5) is 14.3. The zero-order valence-corrected chi connectivity index (χ0v) is 11.1. The van der Waals surface area contributed by atoms with E-state index in [9.17, 15) is 4.79 Å². The molecule has 2 bridgehead atoms. The first-order chi connectivity index (χ1) is 9.11. The molecule has 1 aromatic heterocycles. The summed E-state index contributed by atoms with van der Waals surface area (Å²) < 4.78 is 4.99. The molecule has 2 aliphatic heterocycles. The summed E-state index contributed by atoms with van der Waals surface area (Å²) in [6, 6.07) is 2.96. The average molecular weight is 264 g/mol. The van der Waals surface area contributed by atoms with Gasteiger partial charge in [0, 0.05) is 24.2 Å². The first-order valence-corrected chi connectivity index (χ1v) is 6.86. The number of piperidine rings is 1. The van der Waals surface area contributed by atoms with Gasteiger partial charge in [0.15, 0.2) is 0 Å². The van der Waals surface area contributed by atoms with Crippen LogP contribution < -0.4 is 11.1 Å². The molecule has 3 N–H and O–H groups in total. The van der Waals surface area contributed by atoms with Crippen molar-refractivity contribution >= 4 is 11.8 Å². The monoisotopic (exact) mass is 264 g/mol. The molecule has 3 heterocycles. The molecule has 104 valence electrons. The molecule has 0 saturated carbocycles. The molecular weight excluding hydrogens is 244 g/mol. The lowest BCUT2D eigenvalue weighted by Gasteiger charge is -2.36. The Balaban J connectivity index is 1.58. The first kappa shape index (κ1) is 12.6. The normalized spacial score (nSPS) is 30.5. The van der Waals surface area contributed by atoms with Gasteiger partial charge in [0.2, 0.25) is 11.8 Å². The number of amides is 1. The van der Waals surface area contributed by atoms with E-state index < -0.39 is 0 Å². The van der Waals surface area contributed by atoms with Gasteiger partial charge in [-0.15, -0.1) is 0 Å². The quantitative estimate of drug-likeness (QED) is 0.846. The summed E-state index contributed by atoms with van der Waals surface area (Å²) in [5, 5.41) is 6.50. The molecule has 0 radical (unpaired) electrons. The number of aromatic nitrogens is 1. The Labute approximate surface area is 112 Å². The van der Waals surface area contributed by atoms with Crippen LogP contribution in [0.4, 0.5) is 5.88 Å². The maximum atomic E-state index is 12.0. The summed E-state index contributed by atoms with van der Waals surface area (Å²) in [7, 11) is 0. The van der Waals surface area contributed by atoms with Crippen molar-refractivity contribution in [2.24, 2.45) is 5.73 Å². The predicted octanol–water partition coefficient (Wildman–Crippen LogP) is 0.876. The highest BCUT2D eigenvalue weighted by Crippen LogP contribution is 2.34. The Morgan fingerprint density at radius 3 is 2.79 bits per heavy atom. The van der Waals surface area contributed by atoms with E-state index in [2.05, 4.69) is 15.4 Å². The van der Waals surface area contributed by atoms with Crippen molar-refractivity contribution in [3.05, 3.63) is 11.8 Å². The zero-order valence-electron chi connectivity index (χ0n) is 11.1. The number of fused-ring (bicyclic) bond motifs is 2. The minimum absolute atomic E-state index is 0.0384. The van der Waals surface area contributed by atoms with Gasteiger partial charge in [0.1, 0.15) is 0 Å². The number of carbonyl (C=O) groups excluding carboxylic acids is 1.